The number of aromatic nitrogens is 4. The maximum Gasteiger partial charge on any atom is 0.224 e. The number of benzene rings is 1. The molecule has 0 spiro atoms. The third-order valence-electron chi connectivity index (χ3n) is 2.82. The van der Waals surface area contributed by atoms with Gasteiger partial charge in [0.15, 0.2) is 0 Å². The molecule has 2 heterocycles. The third kappa shape index (κ3) is 2.25. The van der Waals surface area contributed by atoms with Crippen molar-refractivity contribution in [2.24, 2.45) is 0 Å². The van der Waals surface area contributed by atoms with Gasteiger partial charge in [-0.3, -0.25) is 0 Å². The molecule has 3 aromatic rings. The van der Waals surface area contributed by atoms with Gasteiger partial charge < -0.3 is 10.6 Å². The van der Waals surface area contributed by atoms with Gasteiger partial charge in [0.05, 0.1) is 22.4 Å². The van der Waals surface area contributed by atoms with Crippen LogP contribution in [0.3, 0.4) is 0 Å². The van der Waals surface area contributed by atoms with Gasteiger partial charge in [0, 0.05) is 18.8 Å². The average molecular weight is 307 g/mol. The van der Waals surface area contributed by atoms with E-state index in [1.807, 2.05) is 13.0 Å². The zero-order valence-electron chi connectivity index (χ0n) is 10.8. The summed E-state index contributed by atoms with van der Waals surface area (Å²) in [6.45, 7) is 1.93. The number of fused-ring (bicyclic) bond motifs is 1. The van der Waals surface area contributed by atoms with E-state index >= 15 is 0 Å². The van der Waals surface area contributed by atoms with Crippen LogP contribution in [0.25, 0.3) is 11.0 Å². The summed E-state index contributed by atoms with van der Waals surface area (Å²) in [5.41, 5.74) is 3.18. The van der Waals surface area contributed by atoms with Crippen molar-refractivity contribution in [2.45, 2.75) is 6.92 Å². The highest BCUT2D eigenvalue weighted by atomic mass is 35.5. The van der Waals surface area contributed by atoms with E-state index in [9.17, 15) is 0 Å². The SMILES string of the molecule is CNc1ncc(C)c(Nc2c(Cl)ccc3nsnc23)n1. The maximum absolute atomic E-state index is 6.25. The summed E-state index contributed by atoms with van der Waals surface area (Å²) >= 11 is 7.41. The van der Waals surface area contributed by atoms with Gasteiger partial charge in [-0.25, -0.2) is 4.98 Å². The Hall–Kier alpha value is -1.99. The topological polar surface area (TPSA) is 75.6 Å². The normalized spacial score (nSPS) is 10.8. The van der Waals surface area contributed by atoms with Crippen LogP contribution in [0, 0.1) is 6.92 Å². The van der Waals surface area contributed by atoms with Crippen LogP contribution >= 0.6 is 23.3 Å². The highest BCUT2D eigenvalue weighted by Gasteiger charge is 2.12. The van der Waals surface area contributed by atoms with Crippen LogP contribution in [0.1, 0.15) is 5.56 Å². The maximum atomic E-state index is 6.25. The van der Waals surface area contributed by atoms with E-state index in [0.717, 1.165) is 28.3 Å². The van der Waals surface area contributed by atoms with Crippen LogP contribution in [0.4, 0.5) is 17.5 Å². The molecular formula is C12H11ClN6S. The molecule has 0 saturated carbocycles. The van der Waals surface area contributed by atoms with Crippen molar-refractivity contribution in [3.63, 3.8) is 0 Å². The Labute approximate surface area is 124 Å². The Morgan fingerprint density at radius 1 is 1.25 bits per heavy atom. The lowest BCUT2D eigenvalue weighted by Gasteiger charge is -2.11. The van der Waals surface area contributed by atoms with Crippen LogP contribution in [-0.2, 0) is 0 Å². The molecule has 1 aromatic carbocycles. The van der Waals surface area contributed by atoms with Crippen molar-refractivity contribution in [1.82, 2.24) is 18.7 Å². The number of hydrogen-bond donors (Lipinski definition) is 2. The monoisotopic (exact) mass is 306 g/mol. The number of anilines is 3. The predicted octanol–water partition coefficient (Wildman–Crippen LogP) is 3.23. The van der Waals surface area contributed by atoms with E-state index in [2.05, 4.69) is 29.3 Å². The lowest BCUT2D eigenvalue weighted by molar-refractivity contribution is 1.12. The first-order chi connectivity index (χ1) is 9.69. The Bertz CT molecular complexity index is 772. The molecule has 0 saturated heterocycles. The summed E-state index contributed by atoms with van der Waals surface area (Å²) in [5.74, 6) is 1.23. The molecule has 0 radical (unpaired) electrons. The molecule has 0 bridgehead atoms. The van der Waals surface area contributed by atoms with Crippen LogP contribution < -0.4 is 10.6 Å². The summed E-state index contributed by atoms with van der Waals surface area (Å²) < 4.78 is 8.48. The molecule has 102 valence electrons. The summed E-state index contributed by atoms with van der Waals surface area (Å²) in [7, 11) is 1.77. The highest BCUT2D eigenvalue weighted by molar-refractivity contribution is 7.00. The summed E-state index contributed by atoms with van der Waals surface area (Å²) in [4.78, 5) is 8.53. The third-order valence-corrected chi connectivity index (χ3v) is 3.67. The van der Waals surface area contributed by atoms with Crippen molar-refractivity contribution in [1.29, 1.82) is 0 Å². The minimum Gasteiger partial charge on any atom is -0.357 e. The predicted molar refractivity (Wildman–Crippen MR) is 82.0 cm³/mol. The minimum atomic E-state index is 0.540. The van der Waals surface area contributed by atoms with Gasteiger partial charge in [-0.2, -0.15) is 13.7 Å². The van der Waals surface area contributed by atoms with Gasteiger partial charge in [-0.15, -0.1) is 0 Å². The van der Waals surface area contributed by atoms with Gasteiger partial charge in [0.2, 0.25) is 5.95 Å². The van der Waals surface area contributed by atoms with Crippen LogP contribution in [0.15, 0.2) is 18.3 Å². The standard InChI is InChI=1S/C12H11ClN6S/c1-6-5-15-12(14-2)17-11(6)16-9-7(13)3-4-8-10(9)19-20-18-8/h3-5H,1-2H3,(H2,14,15,16,17). The zero-order chi connectivity index (χ0) is 14.1. The molecule has 0 aliphatic heterocycles. The van der Waals surface area contributed by atoms with Crippen molar-refractivity contribution in [2.75, 3.05) is 17.7 Å². The van der Waals surface area contributed by atoms with Crippen molar-refractivity contribution in [3.05, 3.63) is 28.9 Å². The Morgan fingerprint density at radius 3 is 2.90 bits per heavy atom. The summed E-state index contributed by atoms with van der Waals surface area (Å²) in [6.07, 6.45) is 1.74. The van der Waals surface area contributed by atoms with Gasteiger partial charge >= 0.3 is 0 Å². The van der Waals surface area contributed by atoms with E-state index in [1.54, 1.807) is 19.3 Å². The first-order valence-corrected chi connectivity index (χ1v) is 6.99. The fourth-order valence-electron chi connectivity index (χ4n) is 1.75. The number of nitrogens with zero attached hydrogens (tertiary/aromatic N) is 4. The van der Waals surface area contributed by atoms with Gasteiger partial charge in [-0.05, 0) is 19.1 Å². The molecule has 0 aliphatic rings. The smallest absolute Gasteiger partial charge is 0.224 e. The fraction of sp³-hybridized carbons (Fsp3) is 0.167. The molecule has 0 amide bonds. The van der Waals surface area contributed by atoms with Crippen molar-refractivity contribution in [3.8, 4) is 0 Å². The second kappa shape index (κ2) is 5.18. The second-order valence-electron chi connectivity index (χ2n) is 4.15. The lowest BCUT2D eigenvalue weighted by Crippen LogP contribution is -2.03. The van der Waals surface area contributed by atoms with E-state index < -0.39 is 0 Å². The first kappa shape index (κ1) is 13.0. The van der Waals surface area contributed by atoms with Gasteiger partial charge in [0.1, 0.15) is 16.9 Å². The molecule has 20 heavy (non-hydrogen) atoms. The molecule has 0 unspecified atom stereocenters. The Balaban J connectivity index is 2.09. The average Bonchev–Trinajstić information content (AvgIpc) is 2.92. The van der Waals surface area contributed by atoms with E-state index in [1.165, 1.54) is 0 Å². The first-order valence-electron chi connectivity index (χ1n) is 5.88. The number of nitrogens with one attached hydrogen (secondary N) is 2. The molecule has 6 nitrogen and oxygen atoms in total. The molecular weight excluding hydrogens is 296 g/mol. The van der Waals surface area contributed by atoms with Crippen LogP contribution in [0.5, 0.6) is 0 Å². The molecule has 2 N–H and O–H groups in total. The summed E-state index contributed by atoms with van der Waals surface area (Å²) in [5, 5.41) is 6.71. The molecule has 8 heteroatoms. The minimum absolute atomic E-state index is 0.540. The van der Waals surface area contributed by atoms with E-state index in [0.29, 0.717) is 22.5 Å². The molecule has 0 fully saturated rings. The van der Waals surface area contributed by atoms with Crippen LogP contribution in [0.2, 0.25) is 5.02 Å². The van der Waals surface area contributed by atoms with Gasteiger partial charge in [-0.1, -0.05) is 11.6 Å². The summed E-state index contributed by atoms with van der Waals surface area (Å²) in [6, 6.07) is 3.64. The van der Waals surface area contributed by atoms with E-state index in [4.69, 9.17) is 11.6 Å². The van der Waals surface area contributed by atoms with Crippen molar-refractivity contribution >= 4 is 51.8 Å². The molecule has 0 aliphatic carbocycles. The highest BCUT2D eigenvalue weighted by Crippen LogP contribution is 2.32. The lowest BCUT2D eigenvalue weighted by atomic mass is 10.2. The molecule has 3 rings (SSSR count). The molecule has 0 atom stereocenters. The quantitative estimate of drug-likeness (QED) is 0.774. The second-order valence-corrected chi connectivity index (χ2v) is 5.09. The Kier molecular flexibility index (Phi) is 3.37. The number of rotatable bonds is 3. The number of halogens is 1. The largest absolute Gasteiger partial charge is 0.357 e. The zero-order valence-corrected chi connectivity index (χ0v) is 12.4. The Morgan fingerprint density at radius 2 is 2.10 bits per heavy atom. The van der Waals surface area contributed by atoms with Crippen LogP contribution in [-0.4, -0.2) is 25.8 Å². The fourth-order valence-corrected chi connectivity index (χ4v) is 2.50. The number of aryl methyl sites for hydroxylation is 1. The van der Waals surface area contributed by atoms with Crippen molar-refractivity contribution < 1.29 is 0 Å². The number of hydrogen-bond acceptors (Lipinski definition) is 7. The van der Waals surface area contributed by atoms with E-state index in [-0.39, 0.29) is 0 Å². The van der Waals surface area contributed by atoms with Gasteiger partial charge in [0.25, 0.3) is 0 Å². The molecule has 2 aromatic heterocycles.